The Bertz CT molecular complexity index is 353. The summed E-state index contributed by atoms with van der Waals surface area (Å²) in [5, 5.41) is 2.00. The maximum absolute atomic E-state index is 5.48. The molecule has 2 aromatic rings. The van der Waals surface area contributed by atoms with E-state index in [1.54, 1.807) is 11.3 Å². The summed E-state index contributed by atoms with van der Waals surface area (Å²) < 4.78 is 5.22. The van der Waals surface area contributed by atoms with Crippen LogP contribution in [0, 0.1) is 0 Å². The van der Waals surface area contributed by atoms with Crippen LogP contribution in [0.1, 0.15) is 5.69 Å². The van der Waals surface area contributed by atoms with Gasteiger partial charge in [-0.25, -0.2) is 4.98 Å². The predicted octanol–water partition coefficient (Wildman–Crippen LogP) is 1.86. The molecule has 0 amide bonds. The Balaban J connectivity index is 2.46. The van der Waals surface area contributed by atoms with Gasteiger partial charge in [0.05, 0.1) is 4.88 Å². The third-order valence-corrected chi connectivity index (χ3v) is 2.45. The molecule has 2 aromatic heterocycles. The van der Waals surface area contributed by atoms with Gasteiger partial charge in [0.15, 0.2) is 12.2 Å². The standard InChI is InChI=1S/C8H8N2OS/c9-4-6-8(11-5-10-6)7-2-1-3-12-7/h1-3,5H,4,9H2. The highest BCUT2D eigenvalue weighted by Crippen LogP contribution is 2.26. The summed E-state index contributed by atoms with van der Waals surface area (Å²) in [6, 6.07) is 3.97. The van der Waals surface area contributed by atoms with E-state index < -0.39 is 0 Å². The van der Waals surface area contributed by atoms with E-state index in [9.17, 15) is 0 Å². The summed E-state index contributed by atoms with van der Waals surface area (Å²) in [7, 11) is 0. The fourth-order valence-corrected chi connectivity index (χ4v) is 1.76. The van der Waals surface area contributed by atoms with E-state index in [0.29, 0.717) is 6.54 Å². The van der Waals surface area contributed by atoms with Crippen molar-refractivity contribution >= 4 is 11.3 Å². The van der Waals surface area contributed by atoms with Crippen molar-refractivity contribution < 1.29 is 4.42 Å². The molecule has 0 aliphatic rings. The lowest BCUT2D eigenvalue weighted by molar-refractivity contribution is 0.572. The SMILES string of the molecule is NCc1ncoc1-c1cccs1. The third-order valence-electron chi connectivity index (χ3n) is 1.58. The number of hydrogen-bond acceptors (Lipinski definition) is 4. The maximum Gasteiger partial charge on any atom is 0.181 e. The minimum atomic E-state index is 0.420. The van der Waals surface area contributed by atoms with Crippen LogP contribution < -0.4 is 5.73 Å². The topological polar surface area (TPSA) is 52.0 Å². The second-order valence-electron chi connectivity index (χ2n) is 2.31. The average molecular weight is 180 g/mol. The number of nitrogens with two attached hydrogens (primary N) is 1. The molecule has 4 heteroatoms. The van der Waals surface area contributed by atoms with Crippen LogP contribution in [-0.2, 0) is 6.54 Å². The molecular formula is C8H8N2OS. The molecule has 2 heterocycles. The highest BCUT2D eigenvalue weighted by atomic mass is 32.1. The lowest BCUT2D eigenvalue weighted by Crippen LogP contribution is -1.97. The second kappa shape index (κ2) is 3.08. The first-order valence-electron chi connectivity index (χ1n) is 3.58. The van der Waals surface area contributed by atoms with Crippen molar-refractivity contribution in [2.75, 3.05) is 0 Å². The Kier molecular flexibility index (Phi) is 1.93. The molecule has 62 valence electrons. The Hall–Kier alpha value is -1.13. The van der Waals surface area contributed by atoms with Crippen molar-refractivity contribution in [3.05, 3.63) is 29.6 Å². The Morgan fingerprint density at radius 2 is 2.50 bits per heavy atom. The summed E-state index contributed by atoms with van der Waals surface area (Å²) >= 11 is 1.62. The molecule has 12 heavy (non-hydrogen) atoms. The molecule has 2 rings (SSSR count). The van der Waals surface area contributed by atoms with Gasteiger partial charge in [-0.15, -0.1) is 11.3 Å². The van der Waals surface area contributed by atoms with Gasteiger partial charge in [0.1, 0.15) is 5.69 Å². The van der Waals surface area contributed by atoms with Crippen LogP contribution in [0.3, 0.4) is 0 Å². The molecule has 0 unspecified atom stereocenters. The molecular weight excluding hydrogens is 172 g/mol. The average Bonchev–Trinajstić information content (AvgIpc) is 2.74. The van der Waals surface area contributed by atoms with Gasteiger partial charge in [-0.2, -0.15) is 0 Å². The van der Waals surface area contributed by atoms with Crippen molar-refractivity contribution in [2.24, 2.45) is 5.73 Å². The highest BCUT2D eigenvalue weighted by molar-refractivity contribution is 7.13. The van der Waals surface area contributed by atoms with E-state index in [1.165, 1.54) is 6.39 Å². The Labute approximate surface area is 73.8 Å². The monoisotopic (exact) mass is 180 g/mol. The summed E-state index contributed by atoms with van der Waals surface area (Å²) in [4.78, 5) is 5.08. The molecule has 0 aliphatic heterocycles. The van der Waals surface area contributed by atoms with Gasteiger partial charge in [0.25, 0.3) is 0 Å². The molecule has 3 nitrogen and oxygen atoms in total. The Morgan fingerprint density at radius 1 is 1.58 bits per heavy atom. The summed E-state index contributed by atoms with van der Waals surface area (Å²) in [5.74, 6) is 0.799. The summed E-state index contributed by atoms with van der Waals surface area (Å²) in [5.41, 5.74) is 6.30. The fourth-order valence-electron chi connectivity index (χ4n) is 1.02. The number of thiophene rings is 1. The molecule has 0 bridgehead atoms. The third kappa shape index (κ3) is 1.15. The normalized spacial score (nSPS) is 10.4. The van der Waals surface area contributed by atoms with Gasteiger partial charge in [0, 0.05) is 6.54 Å². The van der Waals surface area contributed by atoms with Gasteiger partial charge < -0.3 is 10.2 Å². The van der Waals surface area contributed by atoms with Gasteiger partial charge in [-0.1, -0.05) is 6.07 Å². The van der Waals surface area contributed by atoms with Crippen molar-refractivity contribution in [3.63, 3.8) is 0 Å². The zero-order chi connectivity index (χ0) is 8.39. The number of oxazole rings is 1. The van der Waals surface area contributed by atoms with Gasteiger partial charge in [0.2, 0.25) is 0 Å². The number of hydrogen-bond donors (Lipinski definition) is 1. The van der Waals surface area contributed by atoms with Gasteiger partial charge >= 0.3 is 0 Å². The molecule has 0 spiro atoms. The van der Waals surface area contributed by atoms with Crippen LogP contribution in [-0.4, -0.2) is 4.98 Å². The summed E-state index contributed by atoms with van der Waals surface area (Å²) in [6.45, 7) is 0.420. The fraction of sp³-hybridized carbons (Fsp3) is 0.125. The zero-order valence-electron chi connectivity index (χ0n) is 6.36. The van der Waals surface area contributed by atoms with Crippen molar-refractivity contribution in [3.8, 4) is 10.6 Å². The van der Waals surface area contributed by atoms with E-state index in [0.717, 1.165) is 16.3 Å². The first-order chi connectivity index (χ1) is 5.92. The van der Waals surface area contributed by atoms with Gasteiger partial charge in [-0.05, 0) is 11.4 Å². The minimum Gasteiger partial charge on any atom is -0.442 e. The van der Waals surface area contributed by atoms with Crippen molar-refractivity contribution in [1.82, 2.24) is 4.98 Å². The molecule has 0 atom stereocenters. The smallest absolute Gasteiger partial charge is 0.181 e. The minimum absolute atomic E-state index is 0.420. The number of rotatable bonds is 2. The van der Waals surface area contributed by atoms with Crippen LogP contribution in [0.2, 0.25) is 0 Å². The summed E-state index contributed by atoms with van der Waals surface area (Å²) in [6.07, 6.45) is 1.43. The molecule has 0 radical (unpaired) electrons. The van der Waals surface area contributed by atoms with E-state index in [1.807, 2.05) is 17.5 Å². The Morgan fingerprint density at radius 3 is 3.17 bits per heavy atom. The largest absolute Gasteiger partial charge is 0.442 e. The van der Waals surface area contributed by atoms with Crippen molar-refractivity contribution in [1.29, 1.82) is 0 Å². The number of nitrogens with zero attached hydrogens (tertiary/aromatic N) is 1. The first kappa shape index (κ1) is 7.52. The van der Waals surface area contributed by atoms with Crippen LogP contribution >= 0.6 is 11.3 Å². The number of aromatic nitrogens is 1. The van der Waals surface area contributed by atoms with E-state index >= 15 is 0 Å². The first-order valence-corrected chi connectivity index (χ1v) is 4.46. The molecule has 0 aliphatic carbocycles. The van der Waals surface area contributed by atoms with Crippen molar-refractivity contribution in [2.45, 2.75) is 6.54 Å². The van der Waals surface area contributed by atoms with E-state index in [4.69, 9.17) is 10.2 Å². The van der Waals surface area contributed by atoms with Crippen LogP contribution in [0.15, 0.2) is 28.3 Å². The zero-order valence-corrected chi connectivity index (χ0v) is 7.17. The molecule has 2 N–H and O–H groups in total. The van der Waals surface area contributed by atoms with Gasteiger partial charge in [-0.3, -0.25) is 0 Å². The highest BCUT2D eigenvalue weighted by Gasteiger charge is 2.08. The van der Waals surface area contributed by atoms with E-state index in [-0.39, 0.29) is 0 Å². The van der Waals surface area contributed by atoms with Crippen LogP contribution in [0.4, 0.5) is 0 Å². The van der Waals surface area contributed by atoms with Crippen LogP contribution in [0.25, 0.3) is 10.6 Å². The molecule has 0 saturated heterocycles. The molecule has 0 fully saturated rings. The lowest BCUT2D eigenvalue weighted by Gasteiger charge is -1.92. The predicted molar refractivity (Wildman–Crippen MR) is 47.7 cm³/mol. The quantitative estimate of drug-likeness (QED) is 0.767. The molecule has 0 aromatic carbocycles. The van der Waals surface area contributed by atoms with E-state index in [2.05, 4.69) is 4.98 Å². The van der Waals surface area contributed by atoms with Crippen LogP contribution in [0.5, 0.6) is 0 Å². The molecule has 0 saturated carbocycles. The second-order valence-corrected chi connectivity index (χ2v) is 3.26. The maximum atomic E-state index is 5.48. The lowest BCUT2D eigenvalue weighted by atomic mass is 10.3.